The Labute approximate surface area is 92.2 Å². The molecule has 0 fully saturated rings. The minimum Gasteiger partial charge on any atom is -0.296 e. The molecule has 1 aromatic carbocycles. The lowest BCUT2D eigenvalue weighted by Crippen LogP contribution is -2.28. The van der Waals surface area contributed by atoms with Gasteiger partial charge in [0.05, 0.1) is 5.69 Å². The molecule has 0 radical (unpaired) electrons. The molecule has 0 aliphatic rings. The average molecular weight is 216 g/mol. The maximum absolute atomic E-state index is 11.4. The quantitative estimate of drug-likeness (QED) is 0.774. The number of nitrogens with one attached hydrogen (secondary N) is 1. The lowest BCUT2D eigenvalue weighted by Gasteiger charge is -2.07. The summed E-state index contributed by atoms with van der Waals surface area (Å²) >= 11 is 0. The second-order valence-corrected chi connectivity index (χ2v) is 3.75. The van der Waals surface area contributed by atoms with E-state index in [9.17, 15) is 9.59 Å². The molecule has 0 atom stereocenters. The van der Waals surface area contributed by atoms with E-state index >= 15 is 0 Å². The molecule has 0 bridgehead atoms. The molecule has 0 spiro atoms. The number of benzene rings is 1. The van der Waals surface area contributed by atoms with Gasteiger partial charge in [-0.25, -0.2) is 4.79 Å². The predicted octanol–water partition coefficient (Wildman–Crippen LogP) is 1.05. The second kappa shape index (κ2) is 3.81. The standard InChI is InChI=1S/C12H12N2O2/c1-8-4-3-5-9(6-8)10-7-11(15)13-12(16)14(10)2/h3-7H,1-2H3,(H,13,15,16). The van der Waals surface area contributed by atoms with E-state index in [0.29, 0.717) is 5.69 Å². The Bertz CT molecular complexity index is 638. The fourth-order valence-electron chi connectivity index (χ4n) is 1.64. The van der Waals surface area contributed by atoms with Gasteiger partial charge in [0, 0.05) is 13.1 Å². The van der Waals surface area contributed by atoms with Crippen LogP contribution in [0.1, 0.15) is 5.56 Å². The third-order valence-electron chi connectivity index (χ3n) is 2.48. The molecule has 1 aromatic heterocycles. The van der Waals surface area contributed by atoms with Crippen molar-refractivity contribution in [3.63, 3.8) is 0 Å². The molecule has 82 valence electrons. The molecule has 1 N–H and O–H groups in total. The first kappa shape index (κ1) is 10.4. The molecule has 2 aromatic rings. The number of aryl methyl sites for hydroxylation is 1. The smallest absolute Gasteiger partial charge is 0.296 e. The number of hydrogen-bond acceptors (Lipinski definition) is 2. The first-order valence-electron chi connectivity index (χ1n) is 4.95. The lowest BCUT2D eigenvalue weighted by atomic mass is 10.1. The zero-order valence-corrected chi connectivity index (χ0v) is 9.15. The summed E-state index contributed by atoms with van der Waals surface area (Å²) in [5.41, 5.74) is 1.80. The van der Waals surface area contributed by atoms with Crippen LogP contribution in [0.5, 0.6) is 0 Å². The van der Waals surface area contributed by atoms with Crippen LogP contribution in [0.3, 0.4) is 0 Å². The molecule has 0 unspecified atom stereocenters. The summed E-state index contributed by atoms with van der Waals surface area (Å²) in [6.45, 7) is 1.97. The Morgan fingerprint density at radius 3 is 2.62 bits per heavy atom. The summed E-state index contributed by atoms with van der Waals surface area (Å²) in [7, 11) is 1.63. The molecule has 0 saturated carbocycles. The zero-order chi connectivity index (χ0) is 11.7. The zero-order valence-electron chi connectivity index (χ0n) is 9.15. The van der Waals surface area contributed by atoms with Crippen molar-refractivity contribution in [1.82, 2.24) is 9.55 Å². The molecule has 4 heteroatoms. The Kier molecular flexibility index (Phi) is 2.48. The van der Waals surface area contributed by atoms with Gasteiger partial charge in [-0.1, -0.05) is 23.8 Å². The molecule has 0 aliphatic carbocycles. The van der Waals surface area contributed by atoms with Gasteiger partial charge in [-0.05, 0) is 18.6 Å². The Hall–Kier alpha value is -2.10. The summed E-state index contributed by atoms with van der Waals surface area (Å²) in [5, 5.41) is 0. The topological polar surface area (TPSA) is 54.9 Å². The van der Waals surface area contributed by atoms with Crippen molar-refractivity contribution in [2.45, 2.75) is 6.92 Å². The van der Waals surface area contributed by atoms with Crippen LogP contribution in [0, 0.1) is 6.92 Å². The minimum absolute atomic E-state index is 0.375. The van der Waals surface area contributed by atoms with Crippen LogP contribution in [0.2, 0.25) is 0 Å². The molecular weight excluding hydrogens is 204 g/mol. The van der Waals surface area contributed by atoms with E-state index in [-0.39, 0.29) is 5.56 Å². The van der Waals surface area contributed by atoms with Crippen LogP contribution in [0.25, 0.3) is 11.3 Å². The largest absolute Gasteiger partial charge is 0.328 e. The third-order valence-corrected chi connectivity index (χ3v) is 2.48. The normalized spacial score (nSPS) is 10.4. The van der Waals surface area contributed by atoms with E-state index in [2.05, 4.69) is 4.98 Å². The molecule has 1 heterocycles. The van der Waals surface area contributed by atoms with Gasteiger partial charge in [0.1, 0.15) is 0 Å². The fraction of sp³-hybridized carbons (Fsp3) is 0.167. The Morgan fingerprint density at radius 2 is 1.94 bits per heavy atom. The van der Waals surface area contributed by atoms with Crippen molar-refractivity contribution in [3.05, 3.63) is 56.7 Å². The van der Waals surface area contributed by atoms with Crippen LogP contribution in [0.15, 0.2) is 39.9 Å². The first-order valence-corrected chi connectivity index (χ1v) is 4.95. The highest BCUT2D eigenvalue weighted by Gasteiger charge is 2.04. The first-order chi connectivity index (χ1) is 7.58. The van der Waals surface area contributed by atoms with Gasteiger partial charge in [0.2, 0.25) is 0 Å². The Balaban J connectivity index is 2.74. The van der Waals surface area contributed by atoms with Gasteiger partial charge in [-0.2, -0.15) is 0 Å². The van der Waals surface area contributed by atoms with Crippen LogP contribution in [-0.4, -0.2) is 9.55 Å². The SMILES string of the molecule is Cc1cccc(-c2cc(=O)[nH]c(=O)n2C)c1. The highest BCUT2D eigenvalue weighted by Crippen LogP contribution is 2.16. The summed E-state index contributed by atoms with van der Waals surface area (Å²) in [4.78, 5) is 24.9. The highest BCUT2D eigenvalue weighted by molar-refractivity contribution is 5.59. The molecule has 16 heavy (non-hydrogen) atoms. The number of aromatic amines is 1. The lowest BCUT2D eigenvalue weighted by molar-refractivity contribution is 0.809. The summed E-state index contributed by atoms with van der Waals surface area (Å²) in [5.74, 6) is 0. The monoisotopic (exact) mass is 216 g/mol. The van der Waals surface area contributed by atoms with Gasteiger partial charge in [-0.3, -0.25) is 14.3 Å². The van der Waals surface area contributed by atoms with Crippen molar-refractivity contribution in [2.24, 2.45) is 7.05 Å². The highest BCUT2D eigenvalue weighted by atomic mass is 16.2. The number of aromatic nitrogens is 2. The van der Waals surface area contributed by atoms with Crippen LogP contribution in [-0.2, 0) is 7.05 Å². The van der Waals surface area contributed by atoms with Gasteiger partial charge < -0.3 is 0 Å². The van der Waals surface area contributed by atoms with Crippen LogP contribution in [0.4, 0.5) is 0 Å². The van der Waals surface area contributed by atoms with E-state index in [0.717, 1.165) is 11.1 Å². The predicted molar refractivity (Wildman–Crippen MR) is 62.5 cm³/mol. The van der Waals surface area contributed by atoms with E-state index < -0.39 is 5.69 Å². The van der Waals surface area contributed by atoms with Crippen LogP contribution < -0.4 is 11.2 Å². The molecule has 0 amide bonds. The molecule has 4 nitrogen and oxygen atoms in total. The molecule has 0 aliphatic heterocycles. The van der Waals surface area contributed by atoms with Gasteiger partial charge in [-0.15, -0.1) is 0 Å². The van der Waals surface area contributed by atoms with E-state index in [1.165, 1.54) is 10.6 Å². The maximum atomic E-state index is 11.4. The molecule has 2 rings (SSSR count). The average Bonchev–Trinajstić information content (AvgIpc) is 2.23. The summed E-state index contributed by atoms with van der Waals surface area (Å²) < 4.78 is 1.43. The number of H-pyrrole nitrogens is 1. The second-order valence-electron chi connectivity index (χ2n) is 3.75. The van der Waals surface area contributed by atoms with Gasteiger partial charge in [0.15, 0.2) is 0 Å². The molecule has 0 saturated heterocycles. The maximum Gasteiger partial charge on any atom is 0.328 e. The van der Waals surface area contributed by atoms with Crippen molar-refractivity contribution in [3.8, 4) is 11.3 Å². The van der Waals surface area contributed by atoms with Crippen molar-refractivity contribution in [2.75, 3.05) is 0 Å². The third kappa shape index (κ3) is 1.82. The van der Waals surface area contributed by atoms with E-state index in [1.54, 1.807) is 7.05 Å². The number of nitrogens with zero attached hydrogens (tertiary/aromatic N) is 1. The fourth-order valence-corrected chi connectivity index (χ4v) is 1.64. The summed E-state index contributed by atoms with van der Waals surface area (Å²) in [6.07, 6.45) is 0. The number of hydrogen-bond donors (Lipinski definition) is 1. The van der Waals surface area contributed by atoms with Crippen molar-refractivity contribution >= 4 is 0 Å². The van der Waals surface area contributed by atoms with Gasteiger partial charge in [0.25, 0.3) is 5.56 Å². The van der Waals surface area contributed by atoms with Crippen LogP contribution >= 0.6 is 0 Å². The van der Waals surface area contributed by atoms with E-state index in [1.807, 2.05) is 31.2 Å². The molecular formula is C12H12N2O2. The van der Waals surface area contributed by atoms with E-state index in [4.69, 9.17) is 0 Å². The Morgan fingerprint density at radius 1 is 1.19 bits per heavy atom. The van der Waals surface area contributed by atoms with Crippen molar-refractivity contribution < 1.29 is 0 Å². The number of rotatable bonds is 1. The summed E-state index contributed by atoms with van der Waals surface area (Å²) in [6, 6.07) is 9.11. The van der Waals surface area contributed by atoms with Gasteiger partial charge >= 0.3 is 5.69 Å². The minimum atomic E-state index is -0.399. The van der Waals surface area contributed by atoms with Crippen molar-refractivity contribution in [1.29, 1.82) is 0 Å².